The van der Waals surface area contributed by atoms with Gasteiger partial charge in [-0.1, -0.05) is 26.8 Å². The molecule has 188 valence electrons. The first-order valence-corrected chi connectivity index (χ1v) is 12.4. The highest BCUT2D eigenvalue weighted by atomic mass is 19.1. The highest BCUT2D eigenvalue weighted by Crippen LogP contribution is 2.28. The van der Waals surface area contributed by atoms with Crippen molar-refractivity contribution in [2.75, 3.05) is 56.1 Å². The van der Waals surface area contributed by atoms with Crippen LogP contribution in [0.1, 0.15) is 32.8 Å². The maximum absolute atomic E-state index is 13.7. The molecule has 2 aliphatic rings. The molecule has 2 aliphatic heterocycles. The molecule has 0 spiro atoms. The van der Waals surface area contributed by atoms with Crippen LogP contribution in [0.3, 0.4) is 0 Å². The molecule has 2 amide bonds. The lowest BCUT2D eigenvalue weighted by Crippen LogP contribution is -2.44. The van der Waals surface area contributed by atoms with Crippen molar-refractivity contribution in [3.63, 3.8) is 0 Å². The smallest absolute Gasteiger partial charge is 0.232 e. The maximum Gasteiger partial charge on any atom is 0.232 e. The van der Waals surface area contributed by atoms with E-state index in [9.17, 15) is 14.0 Å². The molecule has 0 saturated carbocycles. The Morgan fingerprint density at radius 2 is 1.71 bits per heavy atom. The first-order chi connectivity index (χ1) is 16.6. The van der Waals surface area contributed by atoms with Crippen molar-refractivity contribution in [3.05, 3.63) is 54.0 Å². The largest absolute Gasteiger partial charge is 0.354 e. The number of pyridine rings is 1. The second-order valence-corrected chi connectivity index (χ2v) is 10.7. The molecule has 8 heteroatoms. The van der Waals surface area contributed by atoms with Crippen LogP contribution in [0.5, 0.6) is 0 Å². The number of rotatable bonds is 5. The van der Waals surface area contributed by atoms with Gasteiger partial charge in [-0.3, -0.25) is 9.59 Å². The van der Waals surface area contributed by atoms with E-state index in [-0.39, 0.29) is 23.5 Å². The van der Waals surface area contributed by atoms with Crippen molar-refractivity contribution < 1.29 is 14.0 Å². The van der Waals surface area contributed by atoms with Crippen LogP contribution in [0.4, 0.5) is 15.9 Å². The SMILES string of the molecule is CN1CCN(c2ccc(CN(C(=O)[C@@H]3CCN(C(=O)C(C)(C)C)C3)c3ccc(F)cc3)cn2)CC1. The molecule has 2 fully saturated rings. The van der Waals surface area contributed by atoms with E-state index >= 15 is 0 Å². The Balaban J connectivity index is 1.50. The van der Waals surface area contributed by atoms with Gasteiger partial charge in [-0.15, -0.1) is 0 Å². The molecule has 0 bridgehead atoms. The Morgan fingerprint density at radius 1 is 1.03 bits per heavy atom. The van der Waals surface area contributed by atoms with Gasteiger partial charge < -0.3 is 19.6 Å². The third-order valence-electron chi connectivity index (χ3n) is 6.85. The standard InChI is InChI=1S/C27H36FN5O2/c1-27(2,3)26(35)32-12-11-21(19-32)25(34)33(23-8-6-22(28)7-9-23)18-20-5-10-24(29-17-20)31-15-13-30(4)14-16-31/h5-10,17,21H,11-16,18-19H2,1-4H3/t21-/m1/s1. The minimum absolute atomic E-state index is 0.0519. The van der Waals surface area contributed by atoms with Crippen molar-refractivity contribution >= 4 is 23.3 Å². The van der Waals surface area contributed by atoms with Crippen LogP contribution in [0.2, 0.25) is 0 Å². The van der Waals surface area contributed by atoms with Crippen molar-refractivity contribution in [1.82, 2.24) is 14.8 Å². The van der Waals surface area contributed by atoms with E-state index in [0.717, 1.165) is 37.6 Å². The number of hydrogen-bond acceptors (Lipinski definition) is 5. The molecule has 3 heterocycles. The van der Waals surface area contributed by atoms with Crippen molar-refractivity contribution in [1.29, 1.82) is 0 Å². The number of piperazine rings is 1. The van der Waals surface area contributed by atoms with Crippen LogP contribution >= 0.6 is 0 Å². The summed E-state index contributed by atoms with van der Waals surface area (Å²) in [4.78, 5) is 39.1. The normalized spacial score (nSPS) is 19.2. The Kier molecular flexibility index (Phi) is 7.40. The Morgan fingerprint density at radius 3 is 2.31 bits per heavy atom. The van der Waals surface area contributed by atoms with Gasteiger partial charge in [0.2, 0.25) is 11.8 Å². The van der Waals surface area contributed by atoms with E-state index < -0.39 is 5.41 Å². The van der Waals surface area contributed by atoms with E-state index in [1.54, 1.807) is 21.9 Å². The van der Waals surface area contributed by atoms with E-state index in [1.165, 1.54) is 12.1 Å². The third kappa shape index (κ3) is 5.99. The Bertz CT molecular complexity index is 1030. The zero-order chi connectivity index (χ0) is 25.2. The van der Waals surface area contributed by atoms with Gasteiger partial charge in [0.05, 0.1) is 12.5 Å². The van der Waals surface area contributed by atoms with Gasteiger partial charge in [0, 0.05) is 56.6 Å². The summed E-state index contributed by atoms with van der Waals surface area (Å²) in [6, 6.07) is 10.0. The second-order valence-electron chi connectivity index (χ2n) is 10.7. The average Bonchev–Trinajstić information content (AvgIpc) is 3.33. The molecule has 0 aliphatic carbocycles. The van der Waals surface area contributed by atoms with Gasteiger partial charge in [-0.25, -0.2) is 9.37 Å². The number of aromatic nitrogens is 1. The van der Waals surface area contributed by atoms with Gasteiger partial charge >= 0.3 is 0 Å². The highest BCUT2D eigenvalue weighted by Gasteiger charge is 2.37. The topological polar surface area (TPSA) is 60.0 Å². The fourth-order valence-corrected chi connectivity index (χ4v) is 4.67. The summed E-state index contributed by atoms with van der Waals surface area (Å²) in [7, 11) is 2.12. The minimum Gasteiger partial charge on any atom is -0.354 e. The molecule has 1 aromatic heterocycles. The van der Waals surface area contributed by atoms with Crippen LogP contribution in [-0.2, 0) is 16.1 Å². The summed E-state index contributed by atoms with van der Waals surface area (Å²) in [5.74, 6) is 0.313. The Hall–Kier alpha value is -3.00. The van der Waals surface area contributed by atoms with Gasteiger partial charge in [0.15, 0.2) is 0 Å². The number of likely N-dealkylation sites (N-methyl/N-ethyl adjacent to an activating group) is 1. The van der Waals surface area contributed by atoms with Crippen molar-refractivity contribution in [2.45, 2.75) is 33.7 Å². The van der Waals surface area contributed by atoms with E-state index in [0.29, 0.717) is 31.7 Å². The lowest BCUT2D eigenvalue weighted by molar-refractivity contribution is -0.138. The first-order valence-electron chi connectivity index (χ1n) is 12.4. The number of halogens is 1. The molecule has 0 unspecified atom stereocenters. The quantitative estimate of drug-likeness (QED) is 0.655. The molecule has 35 heavy (non-hydrogen) atoms. The van der Waals surface area contributed by atoms with E-state index in [2.05, 4.69) is 21.8 Å². The molecule has 1 atom stereocenters. The van der Waals surface area contributed by atoms with Gasteiger partial charge in [-0.2, -0.15) is 0 Å². The molecule has 0 N–H and O–H groups in total. The zero-order valence-electron chi connectivity index (χ0n) is 21.2. The fourth-order valence-electron chi connectivity index (χ4n) is 4.67. The molecule has 1 aromatic carbocycles. The van der Waals surface area contributed by atoms with E-state index in [4.69, 9.17) is 0 Å². The number of hydrogen-bond donors (Lipinski definition) is 0. The van der Waals surface area contributed by atoms with E-state index in [1.807, 2.05) is 39.1 Å². The second kappa shape index (κ2) is 10.3. The predicted molar refractivity (Wildman–Crippen MR) is 136 cm³/mol. The molecular weight excluding hydrogens is 445 g/mol. The lowest BCUT2D eigenvalue weighted by atomic mass is 9.95. The van der Waals surface area contributed by atoms with Gasteiger partial charge in [0.25, 0.3) is 0 Å². The number of carbonyl (C=O) groups is 2. The Labute approximate surface area is 207 Å². The number of likely N-dealkylation sites (tertiary alicyclic amines) is 1. The summed E-state index contributed by atoms with van der Waals surface area (Å²) >= 11 is 0. The molecule has 2 aromatic rings. The van der Waals surface area contributed by atoms with Crippen molar-refractivity contribution in [3.8, 4) is 0 Å². The molecule has 0 radical (unpaired) electrons. The van der Waals surface area contributed by atoms with Gasteiger partial charge in [-0.05, 0) is 49.4 Å². The maximum atomic E-state index is 13.7. The van der Waals surface area contributed by atoms with Crippen LogP contribution in [-0.4, -0.2) is 72.9 Å². The summed E-state index contributed by atoms with van der Waals surface area (Å²) < 4.78 is 13.6. The molecule has 7 nitrogen and oxygen atoms in total. The summed E-state index contributed by atoms with van der Waals surface area (Å²) in [6.07, 6.45) is 2.44. The van der Waals surface area contributed by atoms with Gasteiger partial charge in [0.1, 0.15) is 11.6 Å². The first kappa shape index (κ1) is 25.1. The monoisotopic (exact) mass is 481 g/mol. The summed E-state index contributed by atoms with van der Waals surface area (Å²) in [5.41, 5.74) is 1.06. The van der Waals surface area contributed by atoms with Crippen LogP contribution < -0.4 is 9.80 Å². The minimum atomic E-state index is -0.480. The number of amides is 2. The average molecular weight is 482 g/mol. The van der Waals surface area contributed by atoms with Crippen LogP contribution in [0.25, 0.3) is 0 Å². The molecule has 2 saturated heterocycles. The third-order valence-corrected chi connectivity index (χ3v) is 6.85. The van der Waals surface area contributed by atoms with Crippen LogP contribution in [0, 0.1) is 17.2 Å². The lowest BCUT2D eigenvalue weighted by Gasteiger charge is -2.33. The number of anilines is 2. The zero-order valence-corrected chi connectivity index (χ0v) is 21.2. The number of nitrogens with zero attached hydrogens (tertiary/aromatic N) is 5. The predicted octanol–water partition coefficient (Wildman–Crippen LogP) is 3.40. The highest BCUT2D eigenvalue weighted by molar-refractivity contribution is 5.96. The summed E-state index contributed by atoms with van der Waals surface area (Å²) in [6.45, 7) is 10.9. The summed E-state index contributed by atoms with van der Waals surface area (Å²) in [5, 5.41) is 0. The molecule has 4 rings (SSSR count). The molecular formula is C27H36FN5O2. The number of benzene rings is 1. The van der Waals surface area contributed by atoms with Crippen molar-refractivity contribution in [2.24, 2.45) is 11.3 Å². The number of carbonyl (C=O) groups excluding carboxylic acids is 2. The fraction of sp³-hybridized carbons (Fsp3) is 0.519. The van der Waals surface area contributed by atoms with Crippen LogP contribution in [0.15, 0.2) is 42.6 Å².